The SMILES string of the molecule is CC(CNC1CC1)C(C)N1CCSC(C)C1C. The van der Waals surface area contributed by atoms with Gasteiger partial charge in [-0.25, -0.2) is 0 Å². The van der Waals surface area contributed by atoms with Crippen LogP contribution in [0.5, 0.6) is 0 Å². The van der Waals surface area contributed by atoms with Gasteiger partial charge in [0.05, 0.1) is 0 Å². The first kappa shape index (κ1) is 13.7. The zero-order valence-corrected chi connectivity index (χ0v) is 12.6. The standard InChI is InChI=1S/C14H28N2S/c1-10(9-15-14-5-6-14)11(2)16-7-8-17-13(4)12(16)3/h10-15H,5-9H2,1-4H3. The maximum Gasteiger partial charge on any atom is 0.0187 e. The molecule has 1 heterocycles. The minimum Gasteiger partial charge on any atom is -0.314 e. The Labute approximate surface area is 111 Å². The number of nitrogens with zero attached hydrogens (tertiary/aromatic N) is 1. The highest BCUT2D eigenvalue weighted by atomic mass is 32.2. The van der Waals surface area contributed by atoms with E-state index in [4.69, 9.17) is 0 Å². The van der Waals surface area contributed by atoms with Crippen LogP contribution in [0.15, 0.2) is 0 Å². The van der Waals surface area contributed by atoms with Crippen LogP contribution in [-0.2, 0) is 0 Å². The van der Waals surface area contributed by atoms with Gasteiger partial charge >= 0.3 is 0 Å². The Hall–Kier alpha value is 0.270. The number of thioether (sulfide) groups is 1. The molecular weight excluding hydrogens is 228 g/mol. The van der Waals surface area contributed by atoms with Gasteiger partial charge in [0.25, 0.3) is 0 Å². The zero-order valence-electron chi connectivity index (χ0n) is 11.8. The molecule has 0 aromatic carbocycles. The van der Waals surface area contributed by atoms with E-state index in [1.165, 1.54) is 31.7 Å². The van der Waals surface area contributed by atoms with Gasteiger partial charge in [0.15, 0.2) is 0 Å². The summed E-state index contributed by atoms with van der Waals surface area (Å²) in [6, 6.07) is 2.28. The fourth-order valence-corrected chi connectivity index (χ4v) is 3.79. The molecule has 100 valence electrons. The molecule has 1 aliphatic carbocycles. The van der Waals surface area contributed by atoms with E-state index in [9.17, 15) is 0 Å². The van der Waals surface area contributed by atoms with E-state index in [1.54, 1.807) is 0 Å². The van der Waals surface area contributed by atoms with E-state index in [2.05, 4.69) is 49.7 Å². The summed E-state index contributed by atoms with van der Waals surface area (Å²) >= 11 is 2.13. The van der Waals surface area contributed by atoms with Crippen molar-refractivity contribution in [3.8, 4) is 0 Å². The lowest BCUT2D eigenvalue weighted by atomic mass is 9.99. The monoisotopic (exact) mass is 256 g/mol. The van der Waals surface area contributed by atoms with Crippen LogP contribution in [0.1, 0.15) is 40.5 Å². The molecule has 0 spiro atoms. The quantitative estimate of drug-likeness (QED) is 0.814. The second-order valence-corrected chi connectivity index (χ2v) is 7.44. The molecule has 4 atom stereocenters. The van der Waals surface area contributed by atoms with Crippen LogP contribution in [0.2, 0.25) is 0 Å². The summed E-state index contributed by atoms with van der Waals surface area (Å²) < 4.78 is 0. The zero-order chi connectivity index (χ0) is 12.4. The molecular formula is C14H28N2S. The minimum absolute atomic E-state index is 0.708. The molecule has 0 bridgehead atoms. The fourth-order valence-electron chi connectivity index (χ4n) is 2.67. The van der Waals surface area contributed by atoms with E-state index in [0.29, 0.717) is 6.04 Å². The molecule has 0 aromatic rings. The molecule has 1 saturated heterocycles. The first-order valence-electron chi connectivity index (χ1n) is 7.20. The lowest BCUT2D eigenvalue weighted by Gasteiger charge is -2.43. The van der Waals surface area contributed by atoms with E-state index >= 15 is 0 Å². The van der Waals surface area contributed by atoms with Gasteiger partial charge in [0.1, 0.15) is 0 Å². The van der Waals surface area contributed by atoms with Crippen LogP contribution in [0.25, 0.3) is 0 Å². The summed E-state index contributed by atoms with van der Waals surface area (Å²) in [7, 11) is 0. The second-order valence-electron chi connectivity index (χ2n) is 5.95. The molecule has 0 aromatic heterocycles. The van der Waals surface area contributed by atoms with E-state index < -0.39 is 0 Å². The van der Waals surface area contributed by atoms with E-state index in [1.807, 2.05) is 0 Å². The molecule has 4 unspecified atom stereocenters. The third-order valence-corrected chi connectivity index (χ3v) is 5.92. The largest absolute Gasteiger partial charge is 0.314 e. The molecule has 2 rings (SSSR count). The summed E-state index contributed by atoms with van der Waals surface area (Å²) in [5.74, 6) is 2.06. The third-order valence-electron chi connectivity index (χ3n) is 4.59. The predicted octanol–water partition coefficient (Wildman–Crippen LogP) is 2.59. The summed E-state index contributed by atoms with van der Waals surface area (Å²) in [5.41, 5.74) is 0. The predicted molar refractivity (Wildman–Crippen MR) is 77.7 cm³/mol. The number of hydrogen-bond donors (Lipinski definition) is 1. The average Bonchev–Trinajstić information content (AvgIpc) is 3.12. The minimum atomic E-state index is 0.708. The van der Waals surface area contributed by atoms with Crippen LogP contribution in [0.4, 0.5) is 0 Å². The summed E-state index contributed by atoms with van der Waals surface area (Å²) in [4.78, 5) is 2.72. The van der Waals surface area contributed by atoms with Crippen LogP contribution < -0.4 is 5.32 Å². The Morgan fingerprint density at radius 1 is 1.29 bits per heavy atom. The fraction of sp³-hybridized carbons (Fsp3) is 1.00. The van der Waals surface area contributed by atoms with Crippen molar-refractivity contribution in [2.75, 3.05) is 18.8 Å². The number of nitrogens with one attached hydrogen (secondary N) is 1. The Bertz CT molecular complexity index is 242. The second kappa shape index (κ2) is 5.94. The van der Waals surface area contributed by atoms with Gasteiger partial charge in [-0.3, -0.25) is 4.90 Å². The number of rotatable bonds is 5. The third kappa shape index (κ3) is 3.62. The van der Waals surface area contributed by atoms with Crippen LogP contribution in [-0.4, -0.2) is 47.1 Å². The van der Waals surface area contributed by atoms with Crippen LogP contribution in [0.3, 0.4) is 0 Å². The van der Waals surface area contributed by atoms with Crippen molar-refractivity contribution in [1.82, 2.24) is 10.2 Å². The van der Waals surface area contributed by atoms with Crippen molar-refractivity contribution in [2.24, 2.45) is 5.92 Å². The summed E-state index contributed by atoms with van der Waals surface area (Å²) in [5, 5.41) is 4.46. The molecule has 1 aliphatic heterocycles. The van der Waals surface area contributed by atoms with Crippen molar-refractivity contribution >= 4 is 11.8 Å². The van der Waals surface area contributed by atoms with Crippen molar-refractivity contribution in [1.29, 1.82) is 0 Å². The van der Waals surface area contributed by atoms with Gasteiger partial charge in [-0.1, -0.05) is 13.8 Å². The molecule has 1 saturated carbocycles. The maximum absolute atomic E-state index is 3.67. The smallest absolute Gasteiger partial charge is 0.0187 e. The molecule has 1 N–H and O–H groups in total. The van der Waals surface area contributed by atoms with E-state index in [0.717, 1.165) is 23.3 Å². The van der Waals surface area contributed by atoms with Crippen molar-refractivity contribution in [3.05, 3.63) is 0 Å². The molecule has 2 nitrogen and oxygen atoms in total. The van der Waals surface area contributed by atoms with Gasteiger partial charge in [0, 0.05) is 35.7 Å². The van der Waals surface area contributed by atoms with Crippen molar-refractivity contribution in [3.63, 3.8) is 0 Å². The van der Waals surface area contributed by atoms with Crippen LogP contribution in [0, 0.1) is 5.92 Å². The lowest BCUT2D eigenvalue weighted by Crippen LogP contribution is -2.52. The molecule has 17 heavy (non-hydrogen) atoms. The van der Waals surface area contributed by atoms with Gasteiger partial charge in [-0.2, -0.15) is 11.8 Å². The first-order valence-corrected chi connectivity index (χ1v) is 8.25. The summed E-state index contributed by atoms with van der Waals surface area (Å²) in [6.45, 7) is 12.1. The van der Waals surface area contributed by atoms with Crippen LogP contribution >= 0.6 is 11.8 Å². The molecule has 0 amide bonds. The van der Waals surface area contributed by atoms with Crippen molar-refractivity contribution < 1.29 is 0 Å². The highest BCUT2D eigenvalue weighted by Crippen LogP contribution is 2.28. The van der Waals surface area contributed by atoms with Gasteiger partial charge < -0.3 is 5.32 Å². The molecule has 2 fully saturated rings. The highest BCUT2D eigenvalue weighted by molar-refractivity contribution is 8.00. The normalized spacial score (nSPS) is 34.6. The first-order chi connectivity index (χ1) is 8.09. The Kier molecular flexibility index (Phi) is 4.79. The Morgan fingerprint density at radius 2 is 2.00 bits per heavy atom. The number of hydrogen-bond acceptors (Lipinski definition) is 3. The van der Waals surface area contributed by atoms with Gasteiger partial charge in [0.2, 0.25) is 0 Å². The average molecular weight is 256 g/mol. The molecule has 2 aliphatic rings. The van der Waals surface area contributed by atoms with Gasteiger partial charge in [-0.15, -0.1) is 0 Å². The van der Waals surface area contributed by atoms with E-state index in [-0.39, 0.29) is 0 Å². The molecule has 0 radical (unpaired) electrons. The highest BCUT2D eigenvalue weighted by Gasteiger charge is 2.31. The van der Waals surface area contributed by atoms with Gasteiger partial charge in [-0.05, 0) is 39.2 Å². The Balaban J connectivity index is 1.81. The lowest BCUT2D eigenvalue weighted by molar-refractivity contribution is 0.118. The Morgan fingerprint density at radius 3 is 2.65 bits per heavy atom. The molecule has 3 heteroatoms. The van der Waals surface area contributed by atoms with Crippen molar-refractivity contribution in [2.45, 2.75) is 63.9 Å². The topological polar surface area (TPSA) is 15.3 Å². The maximum atomic E-state index is 3.67. The summed E-state index contributed by atoms with van der Waals surface area (Å²) in [6.07, 6.45) is 2.80.